The van der Waals surface area contributed by atoms with Crippen LogP contribution in [0, 0.1) is 5.92 Å². The number of allylic oxidation sites excluding steroid dienone is 1. The molecule has 4 nitrogen and oxygen atoms in total. The van der Waals surface area contributed by atoms with Gasteiger partial charge in [0.1, 0.15) is 0 Å². The van der Waals surface area contributed by atoms with E-state index in [0.29, 0.717) is 19.6 Å². The van der Waals surface area contributed by atoms with Gasteiger partial charge < -0.3 is 10.2 Å². The van der Waals surface area contributed by atoms with Gasteiger partial charge in [0, 0.05) is 31.1 Å². The Bertz CT molecular complexity index is 329. The maximum atomic E-state index is 12.0. The highest BCUT2D eigenvalue weighted by molar-refractivity contribution is 5.93. The fraction of sp³-hybridized carbons (Fsp3) is 0.714. The minimum atomic E-state index is 0.0736. The van der Waals surface area contributed by atoms with E-state index in [-0.39, 0.29) is 17.7 Å². The van der Waals surface area contributed by atoms with Gasteiger partial charge in [-0.15, -0.1) is 0 Å². The third-order valence-electron chi connectivity index (χ3n) is 3.35. The molecule has 0 unspecified atom stereocenters. The molecular weight excluding hydrogens is 228 g/mol. The molecule has 0 aromatic carbocycles. The fourth-order valence-corrected chi connectivity index (χ4v) is 2.31. The van der Waals surface area contributed by atoms with Gasteiger partial charge in [-0.3, -0.25) is 9.59 Å². The van der Waals surface area contributed by atoms with E-state index in [0.717, 1.165) is 24.8 Å². The van der Waals surface area contributed by atoms with Crippen LogP contribution >= 0.6 is 0 Å². The summed E-state index contributed by atoms with van der Waals surface area (Å²) in [4.78, 5) is 25.6. The molecule has 1 fully saturated rings. The first-order chi connectivity index (χ1) is 8.60. The molecule has 0 aromatic heterocycles. The van der Waals surface area contributed by atoms with Gasteiger partial charge in [-0.05, 0) is 33.1 Å². The summed E-state index contributed by atoms with van der Waals surface area (Å²) in [6.45, 7) is 7.87. The monoisotopic (exact) mass is 252 g/mol. The van der Waals surface area contributed by atoms with Crippen LogP contribution in [0.1, 0.15) is 40.0 Å². The van der Waals surface area contributed by atoms with Crippen LogP contribution in [-0.4, -0.2) is 36.3 Å². The van der Waals surface area contributed by atoms with Gasteiger partial charge in [-0.25, -0.2) is 0 Å². The topological polar surface area (TPSA) is 49.4 Å². The molecule has 0 atom stereocenters. The number of amides is 2. The number of likely N-dealkylation sites (tertiary alicyclic amines) is 1. The molecule has 102 valence electrons. The molecule has 4 heteroatoms. The maximum absolute atomic E-state index is 12.0. The summed E-state index contributed by atoms with van der Waals surface area (Å²) in [5, 5.41) is 2.85. The first kappa shape index (κ1) is 14.7. The largest absolute Gasteiger partial charge is 0.356 e. The van der Waals surface area contributed by atoms with E-state index in [2.05, 4.69) is 5.32 Å². The molecule has 1 aliphatic heterocycles. The van der Waals surface area contributed by atoms with Crippen molar-refractivity contribution >= 4 is 11.8 Å². The fourth-order valence-electron chi connectivity index (χ4n) is 2.31. The SMILES string of the molecule is CC/C=C(/C)C(=O)N1CCC(C(=O)NCC)CC1. The van der Waals surface area contributed by atoms with Gasteiger partial charge in [-0.2, -0.15) is 0 Å². The Morgan fingerprint density at radius 1 is 1.28 bits per heavy atom. The zero-order valence-corrected chi connectivity index (χ0v) is 11.7. The molecule has 0 aliphatic carbocycles. The van der Waals surface area contributed by atoms with Gasteiger partial charge in [0.2, 0.25) is 11.8 Å². The smallest absolute Gasteiger partial charge is 0.249 e. The second-order valence-corrected chi connectivity index (χ2v) is 4.76. The molecule has 1 heterocycles. The Balaban J connectivity index is 2.46. The summed E-state index contributed by atoms with van der Waals surface area (Å²) in [6.07, 6.45) is 4.39. The number of hydrogen-bond donors (Lipinski definition) is 1. The summed E-state index contributed by atoms with van der Waals surface area (Å²) in [5.41, 5.74) is 0.814. The van der Waals surface area contributed by atoms with Crippen molar-refractivity contribution in [2.75, 3.05) is 19.6 Å². The summed E-state index contributed by atoms with van der Waals surface area (Å²) >= 11 is 0. The molecule has 0 bridgehead atoms. The second-order valence-electron chi connectivity index (χ2n) is 4.76. The predicted molar refractivity (Wildman–Crippen MR) is 72.0 cm³/mol. The van der Waals surface area contributed by atoms with E-state index in [1.807, 2.05) is 31.7 Å². The molecule has 0 radical (unpaired) electrons. The van der Waals surface area contributed by atoms with Crippen molar-refractivity contribution in [3.05, 3.63) is 11.6 Å². The third kappa shape index (κ3) is 3.86. The minimum Gasteiger partial charge on any atom is -0.356 e. The van der Waals surface area contributed by atoms with Crippen LogP contribution in [0.3, 0.4) is 0 Å². The molecule has 1 aliphatic rings. The van der Waals surface area contributed by atoms with Crippen molar-refractivity contribution in [3.8, 4) is 0 Å². The summed E-state index contributed by atoms with van der Waals surface area (Å²) < 4.78 is 0. The summed E-state index contributed by atoms with van der Waals surface area (Å²) in [7, 11) is 0. The van der Waals surface area contributed by atoms with Crippen molar-refractivity contribution in [3.63, 3.8) is 0 Å². The highest BCUT2D eigenvalue weighted by Gasteiger charge is 2.27. The van der Waals surface area contributed by atoms with Gasteiger partial charge in [0.15, 0.2) is 0 Å². The summed E-state index contributed by atoms with van der Waals surface area (Å²) in [6, 6.07) is 0. The van der Waals surface area contributed by atoms with Crippen molar-refractivity contribution in [2.45, 2.75) is 40.0 Å². The highest BCUT2D eigenvalue weighted by Crippen LogP contribution is 2.18. The van der Waals surface area contributed by atoms with E-state index in [4.69, 9.17) is 0 Å². The van der Waals surface area contributed by atoms with Crippen LogP contribution in [0.15, 0.2) is 11.6 Å². The van der Waals surface area contributed by atoms with E-state index in [1.54, 1.807) is 0 Å². The number of carbonyl (C=O) groups excluding carboxylic acids is 2. The predicted octanol–water partition coefficient (Wildman–Crippen LogP) is 1.72. The van der Waals surface area contributed by atoms with Crippen molar-refractivity contribution < 1.29 is 9.59 Å². The molecule has 0 aromatic rings. The Morgan fingerprint density at radius 2 is 1.89 bits per heavy atom. The van der Waals surface area contributed by atoms with Crippen LogP contribution < -0.4 is 5.32 Å². The molecule has 0 spiro atoms. The maximum Gasteiger partial charge on any atom is 0.249 e. The lowest BCUT2D eigenvalue weighted by Gasteiger charge is -2.31. The lowest BCUT2D eigenvalue weighted by Crippen LogP contribution is -2.43. The van der Waals surface area contributed by atoms with Gasteiger partial charge >= 0.3 is 0 Å². The van der Waals surface area contributed by atoms with E-state index < -0.39 is 0 Å². The average molecular weight is 252 g/mol. The van der Waals surface area contributed by atoms with E-state index in [1.165, 1.54) is 0 Å². The Labute approximate surface area is 109 Å². The molecular formula is C14H24N2O2. The number of piperidine rings is 1. The van der Waals surface area contributed by atoms with Crippen LogP contribution in [0.5, 0.6) is 0 Å². The van der Waals surface area contributed by atoms with E-state index >= 15 is 0 Å². The van der Waals surface area contributed by atoms with Crippen molar-refractivity contribution in [2.24, 2.45) is 5.92 Å². The minimum absolute atomic E-state index is 0.0736. The van der Waals surface area contributed by atoms with Crippen LogP contribution in [0.4, 0.5) is 0 Å². The van der Waals surface area contributed by atoms with Crippen LogP contribution in [0.2, 0.25) is 0 Å². The van der Waals surface area contributed by atoms with E-state index in [9.17, 15) is 9.59 Å². The lowest BCUT2D eigenvalue weighted by atomic mass is 9.95. The number of hydrogen-bond acceptors (Lipinski definition) is 2. The lowest BCUT2D eigenvalue weighted by molar-refractivity contribution is -0.132. The molecule has 18 heavy (non-hydrogen) atoms. The Kier molecular flexibility index (Phi) is 5.89. The van der Waals surface area contributed by atoms with Crippen molar-refractivity contribution in [1.82, 2.24) is 10.2 Å². The first-order valence-electron chi connectivity index (χ1n) is 6.83. The Morgan fingerprint density at radius 3 is 2.39 bits per heavy atom. The quantitative estimate of drug-likeness (QED) is 0.774. The highest BCUT2D eigenvalue weighted by atomic mass is 16.2. The van der Waals surface area contributed by atoms with Gasteiger partial charge in [-0.1, -0.05) is 13.0 Å². The standard InChI is InChI=1S/C14H24N2O2/c1-4-6-11(3)14(18)16-9-7-12(8-10-16)13(17)15-5-2/h6,12H,4-5,7-10H2,1-3H3,(H,15,17)/b11-6-. The number of nitrogens with zero attached hydrogens (tertiary/aromatic N) is 1. The Hall–Kier alpha value is -1.32. The number of nitrogens with one attached hydrogen (secondary N) is 1. The van der Waals surface area contributed by atoms with Crippen molar-refractivity contribution in [1.29, 1.82) is 0 Å². The first-order valence-corrected chi connectivity index (χ1v) is 6.83. The van der Waals surface area contributed by atoms with Crippen LogP contribution in [-0.2, 0) is 9.59 Å². The molecule has 2 amide bonds. The average Bonchev–Trinajstić information content (AvgIpc) is 2.38. The van der Waals surface area contributed by atoms with Gasteiger partial charge in [0.25, 0.3) is 0 Å². The molecule has 1 rings (SSSR count). The zero-order chi connectivity index (χ0) is 13.5. The number of carbonyl (C=O) groups is 2. The molecule has 0 saturated carbocycles. The van der Waals surface area contributed by atoms with Crippen LogP contribution in [0.25, 0.3) is 0 Å². The third-order valence-corrected chi connectivity index (χ3v) is 3.35. The second kappa shape index (κ2) is 7.19. The zero-order valence-electron chi connectivity index (χ0n) is 11.7. The molecule has 1 saturated heterocycles. The van der Waals surface area contributed by atoms with Gasteiger partial charge in [0.05, 0.1) is 0 Å². The normalized spacial score (nSPS) is 17.7. The molecule has 1 N–H and O–H groups in total. The summed E-state index contributed by atoms with van der Waals surface area (Å²) in [5.74, 6) is 0.320. The number of rotatable bonds is 4.